The number of hydrogen-bond acceptors (Lipinski definition) is 9. The van der Waals surface area contributed by atoms with Gasteiger partial charge in [-0.25, -0.2) is 19.6 Å². The summed E-state index contributed by atoms with van der Waals surface area (Å²) in [5.41, 5.74) is 4.44. The summed E-state index contributed by atoms with van der Waals surface area (Å²) in [5, 5.41) is 7.88. The molecular weight excluding hydrogens is 595 g/mol. The van der Waals surface area contributed by atoms with Gasteiger partial charge in [0.05, 0.1) is 17.7 Å². The summed E-state index contributed by atoms with van der Waals surface area (Å²) in [5.74, 6) is -0.616. The second-order valence-electron chi connectivity index (χ2n) is 10.2. The van der Waals surface area contributed by atoms with Crippen molar-refractivity contribution in [2.45, 2.75) is 39.0 Å². The number of ether oxygens (including phenoxy) is 2. The van der Waals surface area contributed by atoms with Crippen LogP contribution < -0.4 is 26.4 Å². The molecule has 0 saturated heterocycles. The number of halogens is 3. The summed E-state index contributed by atoms with van der Waals surface area (Å²) in [6, 6.07) is 8.60. The maximum absolute atomic E-state index is 13.8. The number of anilines is 4. The molecule has 1 aromatic heterocycles. The van der Waals surface area contributed by atoms with Crippen LogP contribution in [0.1, 0.15) is 43.1 Å². The van der Waals surface area contributed by atoms with E-state index in [1.54, 1.807) is 38.1 Å². The topological polar surface area (TPSA) is 161 Å². The largest absolute Gasteiger partial charge is 0.491 e. The smallest absolute Gasteiger partial charge is 0.420 e. The highest BCUT2D eigenvalue weighted by atomic mass is 19.4. The number of allylic oxidation sites excluding steroid dienone is 1. The Kier molecular flexibility index (Phi) is 11.3. The van der Waals surface area contributed by atoms with Crippen LogP contribution in [0.4, 0.5) is 45.6 Å². The van der Waals surface area contributed by atoms with Crippen LogP contribution in [0.3, 0.4) is 0 Å². The van der Waals surface area contributed by atoms with Gasteiger partial charge in [0, 0.05) is 36.4 Å². The zero-order chi connectivity index (χ0) is 33.2. The Bertz CT molecular complexity index is 1530. The third kappa shape index (κ3) is 10.1. The predicted molar refractivity (Wildman–Crippen MR) is 162 cm³/mol. The summed E-state index contributed by atoms with van der Waals surface area (Å²) in [4.78, 5) is 46.1. The van der Waals surface area contributed by atoms with E-state index < -0.39 is 41.0 Å². The van der Waals surface area contributed by atoms with Crippen LogP contribution in [-0.2, 0) is 10.9 Å². The standard InChI is InChI=1S/C30H34F3N7O5/c1-5-29(2,3)45-28(43)40(4)14-15-44-25-11-10-21(16-23(25)30(31,32)33)39-27(42)38-20-8-6-19(7-9-20)37-26-22(17-35-18-36-26)24(41)12-13-34/h6-13,16-18H,5,14-15,34H2,1-4H3,(H,35,36,37)(H2,38,39,42)/b13-12-. The Morgan fingerprint density at radius 1 is 1.02 bits per heavy atom. The van der Waals surface area contributed by atoms with Crippen LogP contribution in [0.2, 0.25) is 0 Å². The number of nitrogens with one attached hydrogen (secondary N) is 3. The van der Waals surface area contributed by atoms with Crippen LogP contribution in [0.15, 0.2) is 67.3 Å². The molecule has 0 atom stereocenters. The zero-order valence-electron chi connectivity index (χ0n) is 25.1. The van der Waals surface area contributed by atoms with Gasteiger partial charge < -0.3 is 36.1 Å². The van der Waals surface area contributed by atoms with Crippen molar-refractivity contribution in [3.05, 3.63) is 78.4 Å². The number of carbonyl (C=O) groups is 3. The summed E-state index contributed by atoms with van der Waals surface area (Å²) in [7, 11) is 1.45. The van der Waals surface area contributed by atoms with Crippen LogP contribution in [-0.4, -0.2) is 58.6 Å². The lowest BCUT2D eigenvalue weighted by Crippen LogP contribution is -2.37. The van der Waals surface area contributed by atoms with Crippen LogP contribution >= 0.6 is 0 Å². The van der Waals surface area contributed by atoms with E-state index >= 15 is 0 Å². The van der Waals surface area contributed by atoms with E-state index in [9.17, 15) is 27.6 Å². The molecule has 2 aromatic carbocycles. The average molecular weight is 630 g/mol. The van der Waals surface area contributed by atoms with Crippen LogP contribution in [0, 0.1) is 0 Å². The number of alkyl halides is 3. The van der Waals surface area contributed by atoms with E-state index in [1.807, 2.05) is 6.92 Å². The van der Waals surface area contributed by atoms with Gasteiger partial charge in [-0.05, 0) is 68.9 Å². The molecule has 3 rings (SSSR count). The summed E-state index contributed by atoms with van der Waals surface area (Å²) in [6.45, 7) is 5.12. The van der Waals surface area contributed by atoms with E-state index in [-0.39, 0.29) is 30.2 Å². The number of amides is 3. The van der Waals surface area contributed by atoms with Gasteiger partial charge in [0.15, 0.2) is 5.78 Å². The molecule has 0 aliphatic rings. The number of urea groups is 1. The molecule has 0 aliphatic carbocycles. The number of ketones is 1. The van der Waals surface area contributed by atoms with Crippen LogP contribution in [0.5, 0.6) is 5.75 Å². The summed E-state index contributed by atoms with van der Waals surface area (Å²) < 4.78 is 52.2. The highest BCUT2D eigenvalue weighted by molar-refractivity contribution is 6.08. The highest BCUT2D eigenvalue weighted by Crippen LogP contribution is 2.38. The lowest BCUT2D eigenvalue weighted by Gasteiger charge is -2.27. The molecule has 0 radical (unpaired) electrons. The second-order valence-corrected chi connectivity index (χ2v) is 10.2. The molecule has 0 aliphatic heterocycles. The van der Waals surface area contributed by atoms with Crippen molar-refractivity contribution in [3.63, 3.8) is 0 Å². The lowest BCUT2D eigenvalue weighted by molar-refractivity contribution is -0.139. The van der Waals surface area contributed by atoms with Gasteiger partial charge >= 0.3 is 18.3 Å². The molecule has 0 bridgehead atoms. The first-order valence-electron chi connectivity index (χ1n) is 13.7. The zero-order valence-corrected chi connectivity index (χ0v) is 25.1. The fourth-order valence-corrected chi connectivity index (χ4v) is 3.58. The third-order valence-electron chi connectivity index (χ3n) is 6.38. The van der Waals surface area contributed by atoms with Crippen molar-refractivity contribution >= 4 is 40.8 Å². The normalized spacial score (nSPS) is 11.5. The first-order valence-corrected chi connectivity index (χ1v) is 13.7. The van der Waals surface area contributed by atoms with Gasteiger partial charge in [-0.3, -0.25) is 4.79 Å². The molecule has 45 heavy (non-hydrogen) atoms. The fraction of sp³-hybridized carbons (Fsp3) is 0.300. The molecule has 12 nitrogen and oxygen atoms in total. The minimum absolute atomic E-state index is 0.0172. The van der Waals surface area contributed by atoms with Gasteiger partial charge in [0.1, 0.15) is 30.1 Å². The highest BCUT2D eigenvalue weighted by Gasteiger charge is 2.35. The Morgan fingerprint density at radius 2 is 1.67 bits per heavy atom. The monoisotopic (exact) mass is 629 g/mol. The number of hydrogen-bond donors (Lipinski definition) is 4. The Labute approximate surface area is 257 Å². The van der Waals surface area contributed by atoms with Crippen molar-refractivity contribution in [3.8, 4) is 5.75 Å². The molecule has 1 heterocycles. The fourth-order valence-electron chi connectivity index (χ4n) is 3.58. The quantitative estimate of drug-likeness (QED) is 0.136. The molecule has 0 spiro atoms. The van der Waals surface area contributed by atoms with Gasteiger partial charge in [-0.1, -0.05) is 6.92 Å². The molecule has 0 saturated carbocycles. The second kappa shape index (κ2) is 14.9. The van der Waals surface area contributed by atoms with Crippen molar-refractivity contribution in [1.82, 2.24) is 14.9 Å². The molecule has 0 fully saturated rings. The molecule has 15 heteroatoms. The lowest BCUT2D eigenvalue weighted by atomic mass is 10.1. The number of rotatable bonds is 12. The first-order chi connectivity index (χ1) is 21.2. The summed E-state index contributed by atoms with van der Waals surface area (Å²) >= 11 is 0. The van der Waals surface area contributed by atoms with E-state index in [2.05, 4.69) is 25.9 Å². The van der Waals surface area contributed by atoms with Gasteiger partial charge in [0.25, 0.3) is 0 Å². The minimum Gasteiger partial charge on any atom is -0.491 e. The van der Waals surface area contributed by atoms with Crippen molar-refractivity contribution < 1.29 is 37.0 Å². The van der Waals surface area contributed by atoms with Crippen molar-refractivity contribution in [2.75, 3.05) is 36.1 Å². The van der Waals surface area contributed by atoms with Gasteiger partial charge in [-0.2, -0.15) is 13.2 Å². The molecule has 0 unspecified atom stereocenters. The Hall–Kier alpha value is -5.34. The maximum atomic E-state index is 13.8. The molecule has 3 aromatic rings. The van der Waals surface area contributed by atoms with Crippen molar-refractivity contribution in [1.29, 1.82) is 0 Å². The number of aromatic nitrogens is 2. The van der Waals surface area contributed by atoms with Crippen molar-refractivity contribution in [2.24, 2.45) is 5.73 Å². The number of benzene rings is 2. The van der Waals surface area contributed by atoms with E-state index in [0.717, 1.165) is 18.3 Å². The minimum atomic E-state index is -4.78. The number of carbonyl (C=O) groups excluding carboxylic acids is 3. The number of nitrogens with zero attached hydrogens (tertiary/aromatic N) is 3. The Morgan fingerprint density at radius 3 is 2.31 bits per heavy atom. The number of nitrogens with two attached hydrogens (primary N) is 1. The van der Waals surface area contributed by atoms with Gasteiger partial charge in [-0.15, -0.1) is 0 Å². The SMILES string of the molecule is CCC(C)(C)OC(=O)N(C)CCOc1ccc(NC(=O)Nc2ccc(Nc3ncncc3C(=O)/C=C\N)cc2)cc1C(F)(F)F. The van der Waals surface area contributed by atoms with Gasteiger partial charge in [0.2, 0.25) is 0 Å². The molecular formula is C30H34F3N7O5. The Balaban J connectivity index is 1.61. The maximum Gasteiger partial charge on any atom is 0.420 e. The number of likely N-dealkylation sites (N-methyl/N-ethyl adjacent to an activating group) is 1. The molecule has 3 amide bonds. The van der Waals surface area contributed by atoms with Crippen LogP contribution in [0.25, 0.3) is 0 Å². The predicted octanol–water partition coefficient (Wildman–Crippen LogP) is 6.17. The van der Waals surface area contributed by atoms with E-state index in [4.69, 9.17) is 15.2 Å². The first kappa shape index (κ1) is 34.2. The average Bonchev–Trinajstić information content (AvgIpc) is 2.98. The van der Waals surface area contributed by atoms with E-state index in [1.165, 1.54) is 36.6 Å². The summed E-state index contributed by atoms with van der Waals surface area (Å²) in [6.07, 6.45) is 0.0658. The van der Waals surface area contributed by atoms with E-state index in [0.29, 0.717) is 17.8 Å². The molecule has 240 valence electrons. The third-order valence-corrected chi connectivity index (χ3v) is 6.38. The molecule has 5 N–H and O–H groups in total.